The first kappa shape index (κ1) is 14.7. The standard InChI is InChI=1S/C18H24O2/c1-2-3-4-5-6-7-14-20-18-13-9-10-15-16(18)11-8-12-17(15)19/h8-13,19H,2-7,14H2,1H3. The van der Waals surface area contributed by atoms with Crippen molar-refractivity contribution in [2.24, 2.45) is 0 Å². The highest BCUT2D eigenvalue weighted by molar-refractivity contribution is 5.92. The molecule has 0 fully saturated rings. The van der Waals surface area contributed by atoms with E-state index in [9.17, 15) is 5.11 Å². The Labute approximate surface area is 121 Å². The van der Waals surface area contributed by atoms with Crippen LogP contribution in [0.25, 0.3) is 10.8 Å². The summed E-state index contributed by atoms with van der Waals surface area (Å²) in [5.41, 5.74) is 0. The van der Waals surface area contributed by atoms with Crippen molar-refractivity contribution in [3.63, 3.8) is 0 Å². The summed E-state index contributed by atoms with van der Waals surface area (Å²) in [6.07, 6.45) is 7.58. The normalized spacial score (nSPS) is 10.8. The SMILES string of the molecule is CCCCCCCCOc1cccc2c(O)cccc12. The molecule has 1 N–H and O–H groups in total. The molecule has 0 amide bonds. The number of aromatic hydroxyl groups is 1. The summed E-state index contributed by atoms with van der Waals surface area (Å²) in [7, 11) is 0. The lowest BCUT2D eigenvalue weighted by molar-refractivity contribution is 0.307. The molecule has 0 saturated carbocycles. The summed E-state index contributed by atoms with van der Waals surface area (Å²) in [4.78, 5) is 0. The first-order valence-electron chi connectivity index (χ1n) is 7.66. The molecule has 2 heteroatoms. The molecule has 0 aliphatic rings. The van der Waals surface area contributed by atoms with E-state index in [1.807, 2.05) is 30.3 Å². The second kappa shape index (κ2) is 7.78. The molecule has 0 heterocycles. The summed E-state index contributed by atoms with van der Waals surface area (Å²) < 4.78 is 5.87. The molecule has 0 saturated heterocycles. The zero-order valence-corrected chi connectivity index (χ0v) is 12.3. The van der Waals surface area contributed by atoms with E-state index in [1.54, 1.807) is 6.07 Å². The van der Waals surface area contributed by atoms with Gasteiger partial charge in [-0.2, -0.15) is 0 Å². The number of phenolic OH excluding ortho intramolecular Hbond substituents is 1. The number of hydrogen-bond acceptors (Lipinski definition) is 2. The largest absolute Gasteiger partial charge is 0.507 e. The molecule has 0 aromatic heterocycles. The number of benzene rings is 2. The quantitative estimate of drug-likeness (QED) is 0.662. The molecular formula is C18H24O2. The maximum absolute atomic E-state index is 9.83. The number of phenols is 1. The van der Waals surface area contributed by atoms with Crippen LogP contribution in [-0.4, -0.2) is 11.7 Å². The van der Waals surface area contributed by atoms with E-state index in [0.29, 0.717) is 5.75 Å². The van der Waals surface area contributed by atoms with E-state index in [-0.39, 0.29) is 0 Å². The number of ether oxygens (including phenoxy) is 1. The van der Waals surface area contributed by atoms with Gasteiger partial charge in [-0.15, -0.1) is 0 Å². The van der Waals surface area contributed by atoms with Gasteiger partial charge in [0, 0.05) is 10.8 Å². The van der Waals surface area contributed by atoms with Crippen LogP contribution >= 0.6 is 0 Å². The number of rotatable bonds is 8. The highest BCUT2D eigenvalue weighted by Crippen LogP contribution is 2.31. The number of unbranched alkanes of at least 4 members (excludes halogenated alkanes) is 5. The van der Waals surface area contributed by atoms with Crippen molar-refractivity contribution in [1.29, 1.82) is 0 Å². The summed E-state index contributed by atoms with van der Waals surface area (Å²) in [6.45, 7) is 2.99. The van der Waals surface area contributed by atoms with Gasteiger partial charge < -0.3 is 9.84 Å². The Kier molecular flexibility index (Phi) is 5.72. The van der Waals surface area contributed by atoms with Gasteiger partial charge in [0.25, 0.3) is 0 Å². The Morgan fingerprint density at radius 1 is 0.850 bits per heavy atom. The summed E-state index contributed by atoms with van der Waals surface area (Å²) >= 11 is 0. The van der Waals surface area contributed by atoms with E-state index in [4.69, 9.17) is 4.74 Å². The first-order valence-corrected chi connectivity index (χ1v) is 7.66. The van der Waals surface area contributed by atoms with Gasteiger partial charge in [0.15, 0.2) is 0 Å². The third-order valence-electron chi connectivity index (χ3n) is 3.61. The van der Waals surface area contributed by atoms with Gasteiger partial charge in [-0.1, -0.05) is 63.3 Å². The molecule has 20 heavy (non-hydrogen) atoms. The van der Waals surface area contributed by atoms with E-state index < -0.39 is 0 Å². The number of hydrogen-bond donors (Lipinski definition) is 1. The van der Waals surface area contributed by atoms with Crippen molar-refractivity contribution < 1.29 is 9.84 Å². The molecule has 0 spiro atoms. The van der Waals surface area contributed by atoms with Gasteiger partial charge in [0.1, 0.15) is 11.5 Å². The van der Waals surface area contributed by atoms with Gasteiger partial charge in [-0.25, -0.2) is 0 Å². The van der Waals surface area contributed by atoms with Crippen LogP contribution in [-0.2, 0) is 0 Å². The van der Waals surface area contributed by atoms with Crippen molar-refractivity contribution in [3.8, 4) is 11.5 Å². The van der Waals surface area contributed by atoms with Crippen LogP contribution in [0.15, 0.2) is 36.4 Å². The predicted molar refractivity (Wildman–Crippen MR) is 84.5 cm³/mol. The average Bonchev–Trinajstić information content (AvgIpc) is 2.47. The molecule has 2 nitrogen and oxygen atoms in total. The topological polar surface area (TPSA) is 29.5 Å². The molecule has 0 unspecified atom stereocenters. The lowest BCUT2D eigenvalue weighted by atomic mass is 10.1. The van der Waals surface area contributed by atoms with Gasteiger partial charge in [-0.3, -0.25) is 0 Å². The van der Waals surface area contributed by atoms with Gasteiger partial charge in [0.2, 0.25) is 0 Å². The molecule has 0 aliphatic carbocycles. The maximum Gasteiger partial charge on any atom is 0.127 e. The van der Waals surface area contributed by atoms with Gasteiger partial charge in [0.05, 0.1) is 6.61 Å². The predicted octanol–water partition coefficient (Wildman–Crippen LogP) is 5.28. The van der Waals surface area contributed by atoms with Crippen molar-refractivity contribution in [2.45, 2.75) is 45.4 Å². The van der Waals surface area contributed by atoms with Crippen LogP contribution in [0.5, 0.6) is 11.5 Å². The van der Waals surface area contributed by atoms with E-state index in [1.165, 1.54) is 32.1 Å². The smallest absolute Gasteiger partial charge is 0.127 e. The van der Waals surface area contributed by atoms with E-state index in [2.05, 4.69) is 6.92 Å². The summed E-state index contributed by atoms with van der Waals surface area (Å²) in [5.74, 6) is 1.18. The Morgan fingerprint density at radius 2 is 1.55 bits per heavy atom. The summed E-state index contributed by atoms with van der Waals surface area (Å²) in [5, 5.41) is 11.7. The molecule has 0 aliphatic heterocycles. The lowest BCUT2D eigenvalue weighted by Gasteiger charge is -2.10. The van der Waals surface area contributed by atoms with Crippen molar-refractivity contribution in [2.75, 3.05) is 6.61 Å². The molecule has 108 valence electrons. The molecule has 0 bridgehead atoms. The third-order valence-corrected chi connectivity index (χ3v) is 3.61. The minimum Gasteiger partial charge on any atom is -0.507 e. The molecule has 2 aromatic carbocycles. The van der Waals surface area contributed by atoms with Crippen LogP contribution in [0.3, 0.4) is 0 Å². The highest BCUT2D eigenvalue weighted by Gasteiger charge is 2.04. The van der Waals surface area contributed by atoms with Crippen molar-refractivity contribution in [1.82, 2.24) is 0 Å². The third kappa shape index (κ3) is 3.89. The Balaban J connectivity index is 1.86. The van der Waals surface area contributed by atoms with E-state index >= 15 is 0 Å². The maximum atomic E-state index is 9.83. The first-order chi connectivity index (χ1) is 9.83. The Morgan fingerprint density at radius 3 is 2.40 bits per heavy atom. The van der Waals surface area contributed by atoms with Crippen LogP contribution in [0.1, 0.15) is 45.4 Å². The fourth-order valence-corrected chi connectivity index (χ4v) is 2.45. The molecule has 0 atom stereocenters. The van der Waals surface area contributed by atoms with E-state index in [0.717, 1.165) is 29.5 Å². The second-order valence-corrected chi connectivity index (χ2v) is 5.24. The zero-order valence-electron chi connectivity index (χ0n) is 12.3. The van der Waals surface area contributed by atoms with Crippen molar-refractivity contribution >= 4 is 10.8 Å². The average molecular weight is 272 g/mol. The van der Waals surface area contributed by atoms with Crippen LogP contribution in [0.4, 0.5) is 0 Å². The van der Waals surface area contributed by atoms with Crippen LogP contribution in [0, 0.1) is 0 Å². The van der Waals surface area contributed by atoms with Crippen LogP contribution < -0.4 is 4.74 Å². The van der Waals surface area contributed by atoms with Crippen molar-refractivity contribution in [3.05, 3.63) is 36.4 Å². The second-order valence-electron chi connectivity index (χ2n) is 5.24. The minimum absolute atomic E-state index is 0.313. The molecular weight excluding hydrogens is 248 g/mol. The fourth-order valence-electron chi connectivity index (χ4n) is 2.45. The van der Waals surface area contributed by atoms with Gasteiger partial charge in [-0.05, 0) is 18.6 Å². The molecule has 0 radical (unpaired) electrons. The lowest BCUT2D eigenvalue weighted by Crippen LogP contribution is -1.97. The van der Waals surface area contributed by atoms with Gasteiger partial charge >= 0.3 is 0 Å². The highest BCUT2D eigenvalue weighted by atomic mass is 16.5. The molecule has 2 aromatic rings. The minimum atomic E-state index is 0.313. The number of fused-ring (bicyclic) bond motifs is 1. The molecule has 2 rings (SSSR count). The summed E-state index contributed by atoms with van der Waals surface area (Å²) in [6, 6.07) is 11.4. The Bertz CT molecular complexity index is 534. The van der Waals surface area contributed by atoms with Crippen LogP contribution in [0.2, 0.25) is 0 Å². The fraction of sp³-hybridized carbons (Fsp3) is 0.444. The monoisotopic (exact) mass is 272 g/mol. The Hall–Kier alpha value is -1.70. The zero-order chi connectivity index (χ0) is 14.2.